The van der Waals surface area contributed by atoms with Crippen LogP contribution in [0.3, 0.4) is 0 Å². The third kappa shape index (κ3) is 4.65. The Morgan fingerprint density at radius 3 is 2.74 bits per heavy atom. The normalized spacial score (nSPS) is 24.6. The van der Waals surface area contributed by atoms with Gasteiger partial charge < -0.3 is 10.2 Å². The second kappa shape index (κ2) is 8.80. The predicted molar refractivity (Wildman–Crippen MR) is 101 cm³/mol. The zero-order valence-electron chi connectivity index (χ0n) is 16.0. The van der Waals surface area contributed by atoms with Gasteiger partial charge >= 0.3 is 0 Å². The molecule has 2 amide bonds. The lowest BCUT2D eigenvalue weighted by atomic mass is 9.80. The summed E-state index contributed by atoms with van der Waals surface area (Å²) in [6, 6.07) is 6.56. The lowest BCUT2D eigenvalue weighted by molar-refractivity contribution is -0.137. The summed E-state index contributed by atoms with van der Waals surface area (Å²) in [4.78, 5) is 25.9. The zero-order valence-corrected chi connectivity index (χ0v) is 16.0. The molecule has 7 heteroatoms. The molecule has 0 saturated carbocycles. The van der Waals surface area contributed by atoms with Crippen molar-refractivity contribution < 1.29 is 14.0 Å². The van der Waals surface area contributed by atoms with E-state index in [1.54, 1.807) is 26.0 Å². The Hall–Kier alpha value is -1.99. The molecule has 3 atom stereocenters. The molecule has 0 spiro atoms. The Morgan fingerprint density at radius 2 is 2.07 bits per heavy atom. The first kappa shape index (κ1) is 19.8. The highest BCUT2D eigenvalue weighted by atomic mass is 19.1. The quantitative estimate of drug-likeness (QED) is 0.729. The fourth-order valence-corrected chi connectivity index (χ4v) is 4.18. The number of benzene rings is 1. The number of rotatable bonds is 5. The van der Waals surface area contributed by atoms with Crippen molar-refractivity contribution in [1.29, 1.82) is 0 Å². The van der Waals surface area contributed by atoms with Crippen LogP contribution in [0.15, 0.2) is 24.3 Å². The summed E-state index contributed by atoms with van der Waals surface area (Å²) in [7, 11) is 0. The highest BCUT2D eigenvalue weighted by molar-refractivity contribution is 5.87. The SMILES string of the molecule is CCC(=O)NC(C)C(=O)N1CCC(C2NNCC2c2cccc(F)c2)CC1. The third-order valence-corrected chi connectivity index (χ3v) is 5.73. The van der Waals surface area contributed by atoms with Crippen LogP contribution in [0.2, 0.25) is 0 Å². The standard InChI is InChI=1S/C20H29FN4O2/c1-3-18(26)23-13(2)20(27)25-9-7-14(8-10-25)19-17(12-22-24-19)15-5-4-6-16(21)11-15/h4-6,11,13-14,17,19,22,24H,3,7-10,12H2,1-2H3,(H,23,26). The number of amides is 2. The van der Waals surface area contributed by atoms with Gasteiger partial charge in [0.05, 0.1) is 0 Å². The van der Waals surface area contributed by atoms with Crippen LogP contribution in [0.25, 0.3) is 0 Å². The minimum atomic E-state index is -0.486. The van der Waals surface area contributed by atoms with Gasteiger partial charge in [-0.2, -0.15) is 0 Å². The van der Waals surface area contributed by atoms with Gasteiger partial charge in [-0.25, -0.2) is 4.39 Å². The molecular formula is C20H29FN4O2. The van der Waals surface area contributed by atoms with Gasteiger partial charge in [-0.15, -0.1) is 0 Å². The van der Waals surface area contributed by atoms with Gasteiger partial charge in [-0.05, 0) is 43.4 Å². The van der Waals surface area contributed by atoms with E-state index in [-0.39, 0.29) is 29.6 Å². The van der Waals surface area contributed by atoms with Gasteiger partial charge in [0.15, 0.2) is 0 Å². The number of hydrazine groups is 1. The second-order valence-electron chi connectivity index (χ2n) is 7.52. The molecule has 0 aliphatic carbocycles. The van der Waals surface area contributed by atoms with Crippen molar-refractivity contribution >= 4 is 11.8 Å². The van der Waals surface area contributed by atoms with Crippen LogP contribution in [0.1, 0.15) is 44.6 Å². The number of nitrogens with zero attached hydrogens (tertiary/aromatic N) is 1. The molecule has 2 aliphatic heterocycles. The fourth-order valence-electron chi connectivity index (χ4n) is 4.18. The van der Waals surface area contributed by atoms with Gasteiger partial charge in [0.25, 0.3) is 0 Å². The van der Waals surface area contributed by atoms with E-state index in [0.717, 1.165) is 24.9 Å². The molecule has 27 heavy (non-hydrogen) atoms. The lowest BCUT2D eigenvalue weighted by Crippen LogP contribution is -2.51. The molecule has 2 saturated heterocycles. The number of halogens is 1. The van der Waals surface area contributed by atoms with Crippen molar-refractivity contribution in [3.8, 4) is 0 Å². The van der Waals surface area contributed by atoms with Gasteiger partial charge in [0, 0.05) is 38.0 Å². The van der Waals surface area contributed by atoms with Crippen molar-refractivity contribution in [3.05, 3.63) is 35.6 Å². The van der Waals surface area contributed by atoms with Crippen molar-refractivity contribution in [1.82, 2.24) is 21.1 Å². The maximum absolute atomic E-state index is 13.6. The number of carbonyl (C=O) groups excluding carboxylic acids is 2. The first-order valence-corrected chi connectivity index (χ1v) is 9.81. The number of likely N-dealkylation sites (tertiary alicyclic amines) is 1. The molecule has 0 radical (unpaired) electrons. The Balaban J connectivity index is 1.57. The molecule has 2 heterocycles. The number of hydrogen-bond acceptors (Lipinski definition) is 4. The highest BCUT2D eigenvalue weighted by Gasteiger charge is 2.37. The van der Waals surface area contributed by atoms with Crippen LogP contribution in [0.4, 0.5) is 4.39 Å². The average Bonchev–Trinajstić information content (AvgIpc) is 3.17. The first-order chi connectivity index (χ1) is 13.0. The van der Waals surface area contributed by atoms with Crippen LogP contribution in [0.5, 0.6) is 0 Å². The average molecular weight is 376 g/mol. The van der Waals surface area contributed by atoms with E-state index >= 15 is 0 Å². The molecule has 6 nitrogen and oxygen atoms in total. The molecule has 3 unspecified atom stereocenters. The minimum Gasteiger partial charge on any atom is -0.345 e. The highest BCUT2D eigenvalue weighted by Crippen LogP contribution is 2.32. The maximum atomic E-state index is 13.6. The van der Waals surface area contributed by atoms with Gasteiger partial charge in [0.1, 0.15) is 11.9 Å². The van der Waals surface area contributed by atoms with E-state index in [1.165, 1.54) is 6.07 Å². The summed E-state index contributed by atoms with van der Waals surface area (Å²) in [6.45, 7) is 5.65. The summed E-state index contributed by atoms with van der Waals surface area (Å²) in [5.74, 6) is 0.301. The molecule has 2 fully saturated rings. The smallest absolute Gasteiger partial charge is 0.244 e. The Kier molecular flexibility index (Phi) is 6.44. The van der Waals surface area contributed by atoms with E-state index in [2.05, 4.69) is 16.2 Å². The molecular weight excluding hydrogens is 347 g/mol. The van der Waals surface area contributed by atoms with Crippen LogP contribution in [-0.4, -0.2) is 48.4 Å². The molecule has 3 rings (SSSR count). The lowest BCUT2D eigenvalue weighted by Gasteiger charge is -2.37. The summed E-state index contributed by atoms with van der Waals surface area (Å²) in [5, 5.41) is 2.74. The molecule has 148 valence electrons. The van der Waals surface area contributed by atoms with Gasteiger partial charge in [0.2, 0.25) is 11.8 Å². The van der Waals surface area contributed by atoms with E-state index in [1.807, 2.05) is 11.0 Å². The van der Waals surface area contributed by atoms with Crippen molar-refractivity contribution in [2.45, 2.75) is 51.1 Å². The Bertz CT molecular complexity index is 676. The van der Waals surface area contributed by atoms with E-state index in [4.69, 9.17) is 0 Å². The number of piperidine rings is 1. The largest absolute Gasteiger partial charge is 0.345 e. The molecule has 0 aromatic heterocycles. The van der Waals surface area contributed by atoms with Crippen LogP contribution >= 0.6 is 0 Å². The number of carbonyl (C=O) groups is 2. The Morgan fingerprint density at radius 1 is 1.33 bits per heavy atom. The van der Waals surface area contributed by atoms with Crippen LogP contribution in [-0.2, 0) is 9.59 Å². The number of nitrogens with one attached hydrogen (secondary N) is 3. The van der Waals surface area contributed by atoms with Gasteiger partial charge in [-0.1, -0.05) is 19.1 Å². The van der Waals surface area contributed by atoms with E-state index in [0.29, 0.717) is 25.4 Å². The Labute approximate surface area is 159 Å². The summed E-state index contributed by atoms with van der Waals surface area (Å²) in [6.07, 6.45) is 2.16. The van der Waals surface area contributed by atoms with Crippen molar-refractivity contribution in [2.24, 2.45) is 5.92 Å². The summed E-state index contributed by atoms with van der Waals surface area (Å²) < 4.78 is 13.6. The summed E-state index contributed by atoms with van der Waals surface area (Å²) >= 11 is 0. The van der Waals surface area contributed by atoms with Crippen molar-refractivity contribution in [2.75, 3.05) is 19.6 Å². The van der Waals surface area contributed by atoms with Gasteiger partial charge in [-0.3, -0.25) is 20.4 Å². The zero-order chi connectivity index (χ0) is 19.4. The monoisotopic (exact) mass is 376 g/mol. The predicted octanol–water partition coefficient (Wildman–Crippen LogP) is 1.54. The summed E-state index contributed by atoms with van der Waals surface area (Å²) in [5.41, 5.74) is 7.59. The molecule has 1 aromatic rings. The molecule has 2 aliphatic rings. The van der Waals surface area contributed by atoms with E-state index < -0.39 is 6.04 Å². The van der Waals surface area contributed by atoms with Crippen LogP contribution in [0, 0.1) is 11.7 Å². The fraction of sp³-hybridized carbons (Fsp3) is 0.600. The third-order valence-electron chi connectivity index (χ3n) is 5.73. The minimum absolute atomic E-state index is 0.0190. The maximum Gasteiger partial charge on any atom is 0.244 e. The number of hydrogen-bond donors (Lipinski definition) is 3. The van der Waals surface area contributed by atoms with Crippen LogP contribution < -0.4 is 16.2 Å². The van der Waals surface area contributed by atoms with Crippen molar-refractivity contribution in [3.63, 3.8) is 0 Å². The molecule has 3 N–H and O–H groups in total. The molecule has 0 bridgehead atoms. The first-order valence-electron chi connectivity index (χ1n) is 9.81. The molecule has 1 aromatic carbocycles. The van der Waals surface area contributed by atoms with E-state index in [9.17, 15) is 14.0 Å². The topological polar surface area (TPSA) is 73.5 Å². The second-order valence-corrected chi connectivity index (χ2v) is 7.52.